The van der Waals surface area contributed by atoms with E-state index in [1.54, 1.807) is 11.3 Å². The molecule has 4 heteroatoms. The molecule has 0 spiro atoms. The fraction of sp³-hybridized carbons (Fsp3) is 0. The highest BCUT2D eigenvalue weighted by Crippen LogP contribution is 2.42. The van der Waals surface area contributed by atoms with Gasteiger partial charge in [0.25, 0.3) is 0 Å². The predicted molar refractivity (Wildman–Crippen MR) is 184 cm³/mol. The zero-order valence-electron chi connectivity index (χ0n) is 23.6. The Labute approximate surface area is 257 Å². The molecule has 0 saturated heterocycles. The average Bonchev–Trinajstić information content (AvgIpc) is 3.66. The zero-order chi connectivity index (χ0) is 29.0. The number of rotatable bonds is 4. The average molecular weight is 581 g/mol. The maximum atomic E-state index is 6.29. The van der Waals surface area contributed by atoms with Gasteiger partial charge in [-0.25, -0.2) is 9.97 Å². The molecule has 3 aromatic heterocycles. The number of hydrogen-bond acceptors (Lipinski definition) is 4. The largest absolute Gasteiger partial charge is 0.456 e. The number of para-hydroxylation sites is 1. The van der Waals surface area contributed by atoms with Crippen LogP contribution in [0.1, 0.15) is 0 Å². The molecule has 0 unspecified atom stereocenters. The Morgan fingerprint density at radius 2 is 1.07 bits per heavy atom. The topological polar surface area (TPSA) is 38.9 Å². The van der Waals surface area contributed by atoms with Crippen LogP contribution in [0.4, 0.5) is 0 Å². The number of nitrogens with zero attached hydrogens (tertiary/aromatic N) is 2. The summed E-state index contributed by atoms with van der Waals surface area (Å²) in [7, 11) is 0. The predicted octanol–water partition coefficient (Wildman–Crippen LogP) is 11.4. The van der Waals surface area contributed by atoms with Crippen molar-refractivity contribution < 1.29 is 4.42 Å². The maximum absolute atomic E-state index is 6.29. The van der Waals surface area contributed by atoms with Crippen LogP contribution in [0.25, 0.3) is 87.1 Å². The normalized spacial score (nSPS) is 11.6. The monoisotopic (exact) mass is 580 g/mol. The van der Waals surface area contributed by atoms with Crippen molar-refractivity contribution in [1.82, 2.24) is 9.97 Å². The minimum atomic E-state index is 0.710. The molecule has 44 heavy (non-hydrogen) atoms. The van der Waals surface area contributed by atoms with Crippen molar-refractivity contribution >= 4 is 53.6 Å². The second kappa shape index (κ2) is 10.0. The lowest BCUT2D eigenvalue weighted by Crippen LogP contribution is -1.94. The van der Waals surface area contributed by atoms with Crippen LogP contribution in [0.3, 0.4) is 0 Å². The van der Waals surface area contributed by atoms with Crippen molar-refractivity contribution in [1.29, 1.82) is 0 Å². The van der Waals surface area contributed by atoms with E-state index < -0.39 is 0 Å². The van der Waals surface area contributed by atoms with Gasteiger partial charge in [0.2, 0.25) is 0 Å². The van der Waals surface area contributed by atoms with Gasteiger partial charge in [0.15, 0.2) is 5.82 Å². The molecule has 0 atom stereocenters. The summed E-state index contributed by atoms with van der Waals surface area (Å²) in [5.41, 5.74) is 10.3. The minimum Gasteiger partial charge on any atom is -0.456 e. The molecule has 3 heterocycles. The molecule has 0 fully saturated rings. The van der Waals surface area contributed by atoms with Gasteiger partial charge < -0.3 is 4.42 Å². The number of benzene rings is 6. The van der Waals surface area contributed by atoms with E-state index in [1.165, 1.54) is 21.4 Å². The summed E-state index contributed by atoms with van der Waals surface area (Å²) in [6.07, 6.45) is 0. The molecule has 206 valence electrons. The van der Waals surface area contributed by atoms with Gasteiger partial charge in [0.05, 0.1) is 15.9 Å². The maximum Gasteiger partial charge on any atom is 0.160 e. The smallest absolute Gasteiger partial charge is 0.160 e. The standard InChI is InChI=1S/C40H24N2OS/c1-3-10-25(11-4-1)27-14-9-15-30(22-27)40-41-37(29-19-20-32-31-16-7-8-17-34(31)43-35(32)23-29)39-38(42-40)33-21-18-28(24-36(33)44-39)26-12-5-2-6-13-26/h1-24H. The summed E-state index contributed by atoms with van der Waals surface area (Å²) in [6.45, 7) is 0. The number of aromatic nitrogens is 2. The molecule has 0 amide bonds. The van der Waals surface area contributed by atoms with Crippen LogP contribution in [0.5, 0.6) is 0 Å². The molecule has 3 nitrogen and oxygen atoms in total. The summed E-state index contributed by atoms with van der Waals surface area (Å²) >= 11 is 1.75. The van der Waals surface area contributed by atoms with Gasteiger partial charge in [0, 0.05) is 32.0 Å². The quantitative estimate of drug-likeness (QED) is 0.208. The van der Waals surface area contributed by atoms with Crippen molar-refractivity contribution in [3.8, 4) is 44.9 Å². The molecular weight excluding hydrogens is 557 g/mol. The zero-order valence-corrected chi connectivity index (χ0v) is 24.4. The number of fused-ring (bicyclic) bond motifs is 6. The third-order valence-corrected chi connectivity index (χ3v) is 9.45. The van der Waals surface area contributed by atoms with Crippen molar-refractivity contribution in [2.45, 2.75) is 0 Å². The molecule has 0 radical (unpaired) electrons. The van der Waals surface area contributed by atoms with Crippen LogP contribution in [0, 0.1) is 0 Å². The van der Waals surface area contributed by atoms with Crippen LogP contribution in [-0.2, 0) is 0 Å². The van der Waals surface area contributed by atoms with E-state index >= 15 is 0 Å². The highest BCUT2D eigenvalue weighted by molar-refractivity contribution is 7.26. The third kappa shape index (κ3) is 4.11. The number of hydrogen-bond donors (Lipinski definition) is 0. The van der Waals surface area contributed by atoms with E-state index in [0.717, 1.165) is 59.9 Å². The number of furan rings is 1. The van der Waals surface area contributed by atoms with Gasteiger partial charge in [-0.3, -0.25) is 0 Å². The lowest BCUT2D eigenvalue weighted by molar-refractivity contribution is 0.669. The van der Waals surface area contributed by atoms with E-state index in [4.69, 9.17) is 14.4 Å². The van der Waals surface area contributed by atoms with E-state index in [1.807, 2.05) is 18.2 Å². The molecule has 0 N–H and O–H groups in total. The van der Waals surface area contributed by atoms with E-state index in [9.17, 15) is 0 Å². The van der Waals surface area contributed by atoms with Gasteiger partial charge in [-0.15, -0.1) is 11.3 Å². The Morgan fingerprint density at radius 3 is 1.89 bits per heavy atom. The molecule has 0 aliphatic heterocycles. The van der Waals surface area contributed by atoms with Gasteiger partial charge in [-0.1, -0.05) is 115 Å². The number of thiophene rings is 1. The Balaban J connectivity index is 1.29. The molecule has 9 rings (SSSR count). The first kappa shape index (κ1) is 25.0. The fourth-order valence-electron chi connectivity index (χ4n) is 6.12. The van der Waals surface area contributed by atoms with Gasteiger partial charge in [0.1, 0.15) is 11.2 Å². The Kier molecular flexibility index (Phi) is 5.68. The van der Waals surface area contributed by atoms with Gasteiger partial charge in [-0.05, 0) is 52.6 Å². The summed E-state index contributed by atoms with van der Waals surface area (Å²) < 4.78 is 8.55. The molecule has 9 aromatic rings. The second-order valence-corrected chi connectivity index (χ2v) is 12.1. The summed E-state index contributed by atoms with van der Waals surface area (Å²) in [6, 6.07) is 50.8. The molecule has 0 bridgehead atoms. The van der Waals surface area contributed by atoms with Crippen LogP contribution >= 0.6 is 11.3 Å². The van der Waals surface area contributed by atoms with Crippen LogP contribution in [0.15, 0.2) is 150 Å². The SMILES string of the molecule is c1ccc(-c2cccc(-c3nc(-c4ccc5c(c4)oc4ccccc45)c4sc5cc(-c6ccccc6)ccc5c4n3)c2)cc1. The van der Waals surface area contributed by atoms with Crippen molar-refractivity contribution in [2.24, 2.45) is 0 Å². The highest BCUT2D eigenvalue weighted by atomic mass is 32.1. The van der Waals surface area contributed by atoms with Crippen molar-refractivity contribution in [2.75, 3.05) is 0 Å². The van der Waals surface area contributed by atoms with E-state index in [-0.39, 0.29) is 0 Å². The molecular formula is C40H24N2OS. The summed E-state index contributed by atoms with van der Waals surface area (Å²) in [4.78, 5) is 10.5. The Hall–Kier alpha value is -5.58. The molecule has 6 aromatic carbocycles. The Bertz CT molecular complexity index is 2490. The van der Waals surface area contributed by atoms with Crippen LogP contribution in [-0.4, -0.2) is 9.97 Å². The van der Waals surface area contributed by atoms with Gasteiger partial charge >= 0.3 is 0 Å². The highest BCUT2D eigenvalue weighted by Gasteiger charge is 2.19. The van der Waals surface area contributed by atoms with Crippen LogP contribution in [0.2, 0.25) is 0 Å². The third-order valence-electron chi connectivity index (χ3n) is 8.30. The van der Waals surface area contributed by atoms with Crippen LogP contribution < -0.4 is 0 Å². The Morgan fingerprint density at radius 1 is 0.432 bits per heavy atom. The first-order valence-electron chi connectivity index (χ1n) is 14.7. The van der Waals surface area contributed by atoms with Crippen molar-refractivity contribution in [3.05, 3.63) is 146 Å². The molecule has 0 saturated carbocycles. The lowest BCUT2D eigenvalue weighted by Gasteiger charge is -2.09. The van der Waals surface area contributed by atoms with Crippen molar-refractivity contribution in [3.63, 3.8) is 0 Å². The fourth-order valence-corrected chi connectivity index (χ4v) is 7.31. The van der Waals surface area contributed by atoms with E-state index in [0.29, 0.717) is 5.82 Å². The summed E-state index contributed by atoms with van der Waals surface area (Å²) in [5.74, 6) is 0.710. The van der Waals surface area contributed by atoms with Gasteiger partial charge in [-0.2, -0.15) is 0 Å². The first-order valence-corrected chi connectivity index (χ1v) is 15.5. The minimum absolute atomic E-state index is 0.710. The second-order valence-electron chi connectivity index (χ2n) is 11.0. The van der Waals surface area contributed by atoms with E-state index in [2.05, 4.69) is 127 Å². The first-order chi connectivity index (χ1) is 21.8. The molecule has 0 aliphatic carbocycles. The summed E-state index contributed by atoms with van der Waals surface area (Å²) in [5, 5.41) is 3.36. The molecule has 0 aliphatic rings. The lowest BCUT2D eigenvalue weighted by atomic mass is 10.0.